The third-order valence-corrected chi connectivity index (χ3v) is 8.75. The molecule has 220 valence electrons. The number of hydrogen-bond acceptors (Lipinski definition) is 8. The second-order valence-electron chi connectivity index (χ2n) is 11.4. The van der Waals surface area contributed by atoms with E-state index in [1.807, 2.05) is 31.2 Å². The average molecular weight is 566 g/mol. The molecule has 2 aromatic rings. The molecule has 2 amide bonds. The Morgan fingerprint density at radius 3 is 2.78 bits per heavy atom. The molecule has 0 radical (unpaired) electrons. The number of carbonyl (C=O) groups excluding carboxylic acids is 3. The highest BCUT2D eigenvalue weighted by molar-refractivity contribution is 5.98. The van der Waals surface area contributed by atoms with Gasteiger partial charge in [-0.2, -0.15) is 0 Å². The molecule has 41 heavy (non-hydrogen) atoms. The zero-order valence-electron chi connectivity index (χ0n) is 23.6. The quantitative estimate of drug-likeness (QED) is 0.210. The summed E-state index contributed by atoms with van der Waals surface area (Å²) in [6.07, 6.45) is 6.76. The van der Waals surface area contributed by atoms with Crippen molar-refractivity contribution in [3.8, 4) is 0 Å². The first kappa shape index (κ1) is 28.9. The van der Waals surface area contributed by atoms with E-state index in [1.165, 1.54) is 0 Å². The Morgan fingerprint density at radius 2 is 2.02 bits per heavy atom. The summed E-state index contributed by atoms with van der Waals surface area (Å²) in [5, 5.41) is 17.9. The van der Waals surface area contributed by atoms with Crippen molar-refractivity contribution >= 4 is 28.8 Å². The van der Waals surface area contributed by atoms with E-state index in [4.69, 9.17) is 9.47 Å². The molecule has 1 spiro atoms. The van der Waals surface area contributed by atoms with E-state index in [2.05, 4.69) is 23.5 Å². The number of ether oxygens (including phenoxy) is 2. The standard InChI is InChI=1S/C30H39N5O6/c1-4-6-11-19-40-28(39)24-23-26(37)34(17-9-10-18-36)25(30(23)15-14-29(24,3)41-30)27(38)33(16-5-2)20-35-22-13-8-7-12-21(22)31-32-35/h4-5,7-8,12-13,23-25,36H,1-2,6,9-11,14-20H2,3H3/t23-,24-,25?,29+,30?/m0/s1. The minimum absolute atomic E-state index is 0.0224. The Balaban J connectivity index is 1.48. The number of hydrogen-bond donors (Lipinski definition) is 1. The number of aromatic nitrogens is 3. The summed E-state index contributed by atoms with van der Waals surface area (Å²) in [5.74, 6) is -2.67. The molecule has 3 fully saturated rings. The number of aliphatic hydroxyl groups excluding tert-OH is 1. The van der Waals surface area contributed by atoms with Crippen molar-refractivity contribution in [1.29, 1.82) is 0 Å². The van der Waals surface area contributed by atoms with E-state index in [9.17, 15) is 19.5 Å². The number of aliphatic hydroxyl groups is 1. The number of carbonyl (C=O) groups is 3. The second kappa shape index (κ2) is 11.7. The Kier molecular flexibility index (Phi) is 8.28. The molecule has 3 aliphatic rings. The van der Waals surface area contributed by atoms with Crippen LogP contribution in [-0.4, -0.2) is 91.2 Å². The number of likely N-dealkylation sites (tertiary alicyclic amines) is 1. The van der Waals surface area contributed by atoms with Crippen LogP contribution in [0.5, 0.6) is 0 Å². The van der Waals surface area contributed by atoms with Gasteiger partial charge in [0.15, 0.2) is 0 Å². The average Bonchev–Trinajstić information content (AvgIpc) is 3.66. The first-order valence-electron chi connectivity index (χ1n) is 14.4. The van der Waals surface area contributed by atoms with Gasteiger partial charge >= 0.3 is 5.97 Å². The van der Waals surface area contributed by atoms with E-state index in [1.54, 1.807) is 26.6 Å². The van der Waals surface area contributed by atoms with Crippen LogP contribution in [0.15, 0.2) is 49.6 Å². The number of amides is 2. The van der Waals surface area contributed by atoms with Gasteiger partial charge in [-0.3, -0.25) is 14.4 Å². The molecule has 5 rings (SSSR count). The number of fused-ring (bicyclic) bond motifs is 2. The van der Waals surface area contributed by atoms with Gasteiger partial charge in [-0.15, -0.1) is 18.3 Å². The molecular formula is C30H39N5O6. The number of benzene rings is 1. The van der Waals surface area contributed by atoms with Gasteiger partial charge in [-0.05, 0) is 57.6 Å². The van der Waals surface area contributed by atoms with Crippen molar-refractivity contribution in [3.63, 3.8) is 0 Å². The van der Waals surface area contributed by atoms with Gasteiger partial charge in [0.2, 0.25) is 11.8 Å². The Morgan fingerprint density at radius 1 is 1.22 bits per heavy atom. The van der Waals surface area contributed by atoms with Crippen LogP contribution < -0.4 is 0 Å². The first-order valence-corrected chi connectivity index (χ1v) is 14.4. The SMILES string of the molecule is C=CCCCOC(=O)[C@@H]1[C@H]2C(=O)N(CCCCO)C(C(=O)N(CC=C)Cn3nnc4ccccc43)C23CC[C@@]1(C)O3. The fourth-order valence-electron chi connectivity index (χ4n) is 6.92. The third-order valence-electron chi connectivity index (χ3n) is 8.75. The summed E-state index contributed by atoms with van der Waals surface area (Å²) >= 11 is 0. The molecular weight excluding hydrogens is 526 g/mol. The largest absolute Gasteiger partial charge is 0.465 e. The van der Waals surface area contributed by atoms with Crippen LogP contribution in [0, 0.1) is 11.8 Å². The van der Waals surface area contributed by atoms with E-state index < -0.39 is 35.0 Å². The number of nitrogens with zero attached hydrogens (tertiary/aromatic N) is 5. The van der Waals surface area contributed by atoms with Crippen LogP contribution >= 0.6 is 0 Å². The molecule has 5 atom stereocenters. The van der Waals surface area contributed by atoms with Crippen LogP contribution in [0.3, 0.4) is 0 Å². The number of allylic oxidation sites excluding steroid dienone is 1. The second-order valence-corrected chi connectivity index (χ2v) is 11.4. The van der Waals surface area contributed by atoms with Crippen molar-refractivity contribution < 1.29 is 29.0 Å². The normalized spacial score (nSPS) is 28.2. The molecule has 11 heteroatoms. The topological polar surface area (TPSA) is 127 Å². The Labute approximate surface area is 239 Å². The van der Waals surface area contributed by atoms with Crippen LogP contribution in [-0.2, 0) is 30.5 Å². The lowest BCUT2D eigenvalue weighted by Crippen LogP contribution is -2.56. The monoisotopic (exact) mass is 565 g/mol. The molecule has 4 heterocycles. The summed E-state index contributed by atoms with van der Waals surface area (Å²) < 4.78 is 13.9. The predicted molar refractivity (Wildman–Crippen MR) is 150 cm³/mol. The molecule has 11 nitrogen and oxygen atoms in total. The Bertz CT molecular complexity index is 1330. The van der Waals surface area contributed by atoms with Gasteiger partial charge in [0, 0.05) is 19.7 Å². The maximum Gasteiger partial charge on any atom is 0.312 e. The summed E-state index contributed by atoms with van der Waals surface area (Å²) in [6, 6.07) is 6.55. The molecule has 0 aliphatic carbocycles. The van der Waals surface area contributed by atoms with Crippen molar-refractivity contribution in [3.05, 3.63) is 49.6 Å². The summed E-state index contributed by atoms with van der Waals surface area (Å²) in [6.45, 7) is 10.2. The van der Waals surface area contributed by atoms with Crippen molar-refractivity contribution in [1.82, 2.24) is 24.8 Å². The zero-order valence-corrected chi connectivity index (χ0v) is 23.6. The maximum absolute atomic E-state index is 14.5. The highest BCUT2D eigenvalue weighted by atomic mass is 16.6. The summed E-state index contributed by atoms with van der Waals surface area (Å²) in [7, 11) is 0. The van der Waals surface area contributed by atoms with E-state index in [0.29, 0.717) is 44.0 Å². The van der Waals surface area contributed by atoms with Crippen LogP contribution in [0.25, 0.3) is 11.0 Å². The van der Waals surface area contributed by atoms with E-state index >= 15 is 0 Å². The molecule has 3 saturated heterocycles. The number of para-hydroxylation sites is 1. The number of esters is 1. The fourth-order valence-corrected chi connectivity index (χ4v) is 6.92. The van der Waals surface area contributed by atoms with Crippen molar-refractivity contribution in [2.75, 3.05) is 26.3 Å². The van der Waals surface area contributed by atoms with E-state index in [0.717, 1.165) is 5.52 Å². The fraction of sp³-hybridized carbons (Fsp3) is 0.567. The van der Waals surface area contributed by atoms with Crippen LogP contribution in [0.1, 0.15) is 45.4 Å². The molecule has 2 unspecified atom stereocenters. The van der Waals surface area contributed by atoms with Gasteiger partial charge in [-0.1, -0.05) is 29.5 Å². The van der Waals surface area contributed by atoms with Gasteiger partial charge in [-0.25, -0.2) is 4.68 Å². The molecule has 0 saturated carbocycles. The smallest absolute Gasteiger partial charge is 0.312 e. The molecule has 3 aliphatic heterocycles. The molecule has 1 aromatic carbocycles. The van der Waals surface area contributed by atoms with E-state index in [-0.39, 0.29) is 44.8 Å². The maximum atomic E-state index is 14.5. The summed E-state index contributed by atoms with van der Waals surface area (Å²) in [4.78, 5) is 45.2. The zero-order chi connectivity index (χ0) is 29.2. The lowest BCUT2D eigenvalue weighted by atomic mass is 9.66. The van der Waals surface area contributed by atoms with Gasteiger partial charge in [0.1, 0.15) is 29.7 Å². The minimum atomic E-state index is -1.16. The predicted octanol–water partition coefficient (Wildman–Crippen LogP) is 2.45. The highest BCUT2D eigenvalue weighted by Crippen LogP contribution is 2.63. The lowest BCUT2D eigenvalue weighted by Gasteiger charge is -2.36. The molecule has 2 bridgehead atoms. The highest BCUT2D eigenvalue weighted by Gasteiger charge is 2.78. The number of rotatable bonds is 14. The van der Waals surface area contributed by atoms with Crippen LogP contribution in [0.2, 0.25) is 0 Å². The van der Waals surface area contributed by atoms with Gasteiger partial charge in [0.05, 0.1) is 23.6 Å². The van der Waals surface area contributed by atoms with Crippen LogP contribution in [0.4, 0.5) is 0 Å². The summed E-state index contributed by atoms with van der Waals surface area (Å²) in [5.41, 5.74) is -0.579. The minimum Gasteiger partial charge on any atom is -0.465 e. The molecule has 1 N–H and O–H groups in total. The van der Waals surface area contributed by atoms with Crippen molar-refractivity contribution in [2.24, 2.45) is 11.8 Å². The first-order chi connectivity index (χ1) is 19.8. The van der Waals surface area contributed by atoms with Gasteiger partial charge < -0.3 is 24.4 Å². The Hall–Kier alpha value is -3.57. The third kappa shape index (κ3) is 4.95. The lowest BCUT2D eigenvalue weighted by molar-refractivity contribution is -0.160. The van der Waals surface area contributed by atoms with Crippen molar-refractivity contribution in [2.45, 2.75) is 69.4 Å². The molecule has 1 aromatic heterocycles. The van der Waals surface area contributed by atoms with Gasteiger partial charge in [0.25, 0.3) is 0 Å². The number of unbranched alkanes of at least 4 members (excludes halogenated alkanes) is 2.